The molecule has 0 aromatic heterocycles. The molecule has 0 atom stereocenters. The van der Waals surface area contributed by atoms with Crippen LogP contribution in [0.25, 0.3) is 0 Å². The van der Waals surface area contributed by atoms with Crippen molar-refractivity contribution in [2.75, 3.05) is 20.0 Å². The van der Waals surface area contributed by atoms with Crippen LogP contribution in [0, 0.1) is 0 Å². The number of ether oxygens (including phenoxy) is 4. The molecule has 3 rings (SSSR count). The number of nitrogens with one attached hydrogen (secondary N) is 2. The largest absolute Gasteiger partial charge is 0.494 e. The second-order valence-electron chi connectivity index (χ2n) is 6.14. The third kappa shape index (κ3) is 5.40. The second-order valence-corrected chi connectivity index (χ2v) is 6.14. The van der Waals surface area contributed by atoms with Crippen molar-refractivity contribution in [1.29, 1.82) is 0 Å². The van der Waals surface area contributed by atoms with E-state index in [4.69, 9.17) is 18.9 Å². The van der Waals surface area contributed by atoms with Crippen LogP contribution < -0.4 is 29.7 Å². The van der Waals surface area contributed by atoms with Crippen LogP contribution in [0.2, 0.25) is 0 Å². The fraction of sp³-hybridized carbons (Fsp3) is 0.286. The molecule has 9 nitrogen and oxygen atoms in total. The van der Waals surface area contributed by atoms with Crippen molar-refractivity contribution in [1.82, 2.24) is 10.7 Å². The first kappa shape index (κ1) is 21.0. The minimum atomic E-state index is -0.879. The van der Waals surface area contributed by atoms with Gasteiger partial charge >= 0.3 is 11.8 Å². The van der Waals surface area contributed by atoms with Crippen LogP contribution in [-0.2, 0) is 16.1 Å². The van der Waals surface area contributed by atoms with E-state index in [1.54, 1.807) is 36.4 Å². The zero-order valence-electron chi connectivity index (χ0n) is 16.8. The van der Waals surface area contributed by atoms with E-state index in [2.05, 4.69) is 15.8 Å². The first-order chi connectivity index (χ1) is 14.6. The van der Waals surface area contributed by atoms with Crippen LogP contribution in [0.3, 0.4) is 0 Å². The van der Waals surface area contributed by atoms with E-state index in [0.29, 0.717) is 41.8 Å². The smallest absolute Gasteiger partial charge is 0.329 e. The Kier molecular flexibility index (Phi) is 7.09. The van der Waals surface area contributed by atoms with Gasteiger partial charge in [-0.2, -0.15) is 5.10 Å². The lowest BCUT2D eigenvalue weighted by atomic mass is 10.2. The molecule has 0 spiro atoms. The lowest BCUT2D eigenvalue weighted by Crippen LogP contribution is -2.37. The summed E-state index contributed by atoms with van der Waals surface area (Å²) in [6.45, 7) is 5.09. The van der Waals surface area contributed by atoms with Gasteiger partial charge in [0.05, 0.1) is 19.4 Å². The predicted molar refractivity (Wildman–Crippen MR) is 109 cm³/mol. The molecule has 158 valence electrons. The van der Waals surface area contributed by atoms with Crippen LogP contribution in [0.15, 0.2) is 41.5 Å². The summed E-state index contributed by atoms with van der Waals surface area (Å²) in [6.07, 6.45) is 1.41. The van der Waals surface area contributed by atoms with Crippen molar-refractivity contribution >= 4 is 18.0 Å². The number of amides is 2. The zero-order chi connectivity index (χ0) is 21.3. The average molecular weight is 413 g/mol. The normalized spacial score (nSPS) is 11.9. The van der Waals surface area contributed by atoms with Crippen molar-refractivity contribution < 1.29 is 28.5 Å². The third-order valence-electron chi connectivity index (χ3n) is 4.06. The molecule has 0 fully saturated rings. The fourth-order valence-corrected chi connectivity index (χ4v) is 2.68. The minimum Gasteiger partial charge on any atom is -0.494 e. The van der Waals surface area contributed by atoms with Gasteiger partial charge < -0.3 is 24.3 Å². The van der Waals surface area contributed by atoms with Crippen molar-refractivity contribution in [3.05, 3.63) is 47.5 Å². The van der Waals surface area contributed by atoms with Crippen LogP contribution >= 0.6 is 0 Å². The lowest BCUT2D eigenvalue weighted by molar-refractivity contribution is -0.139. The van der Waals surface area contributed by atoms with E-state index < -0.39 is 11.8 Å². The van der Waals surface area contributed by atoms with E-state index in [9.17, 15) is 9.59 Å². The highest BCUT2D eigenvalue weighted by Crippen LogP contribution is 2.32. The summed E-state index contributed by atoms with van der Waals surface area (Å²) in [6, 6.07) is 10.6. The molecule has 9 heteroatoms. The number of hydrazone groups is 1. The van der Waals surface area contributed by atoms with Crippen LogP contribution in [0.5, 0.6) is 23.0 Å². The molecule has 1 aliphatic heterocycles. The molecule has 0 radical (unpaired) electrons. The van der Waals surface area contributed by atoms with Crippen molar-refractivity contribution in [3.63, 3.8) is 0 Å². The number of benzene rings is 2. The molecule has 2 amide bonds. The van der Waals surface area contributed by atoms with Gasteiger partial charge in [0, 0.05) is 18.2 Å². The summed E-state index contributed by atoms with van der Waals surface area (Å²) in [4.78, 5) is 23.9. The maximum atomic E-state index is 12.0. The number of rotatable bonds is 8. The third-order valence-corrected chi connectivity index (χ3v) is 4.06. The van der Waals surface area contributed by atoms with Crippen molar-refractivity contribution in [3.8, 4) is 23.0 Å². The van der Waals surface area contributed by atoms with Gasteiger partial charge in [0.25, 0.3) is 0 Å². The zero-order valence-corrected chi connectivity index (χ0v) is 16.8. The van der Waals surface area contributed by atoms with Crippen LogP contribution in [0.4, 0.5) is 0 Å². The summed E-state index contributed by atoms with van der Waals surface area (Å²) in [7, 11) is 0. The van der Waals surface area contributed by atoms with Crippen molar-refractivity contribution in [2.24, 2.45) is 5.10 Å². The Morgan fingerprint density at radius 1 is 1.03 bits per heavy atom. The first-order valence-electron chi connectivity index (χ1n) is 9.50. The summed E-state index contributed by atoms with van der Waals surface area (Å²) in [5.41, 5.74) is 3.62. The Morgan fingerprint density at radius 2 is 1.83 bits per heavy atom. The molecule has 1 heterocycles. The van der Waals surface area contributed by atoms with E-state index in [1.807, 2.05) is 13.8 Å². The summed E-state index contributed by atoms with van der Waals surface area (Å²) >= 11 is 0. The summed E-state index contributed by atoms with van der Waals surface area (Å²) < 4.78 is 21.5. The first-order valence-corrected chi connectivity index (χ1v) is 9.50. The monoisotopic (exact) mass is 413 g/mol. The highest BCUT2D eigenvalue weighted by Gasteiger charge is 2.15. The molecule has 0 saturated heterocycles. The van der Waals surface area contributed by atoms with Gasteiger partial charge in [-0.15, -0.1) is 0 Å². The Balaban J connectivity index is 1.53. The Hall–Kier alpha value is -3.75. The SMILES string of the molecule is CCOc1ccc(/C=N\NC(=O)C(=O)NCc2ccc3c(c2)OCO3)c(OCC)c1. The van der Waals surface area contributed by atoms with Crippen LogP contribution in [0.1, 0.15) is 25.0 Å². The second kappa shape index (κ2) is 10.1. The molecule has 30 heavy (non-hydrogen) atoms. The molecule has 0 bridgehead atoms. The number of hydrogen-bond donors (Lipinski definition) is 2. The lowest BCUT2D eigenvalue weighted by Gasteiger charge is -2.10. The van der Waals surface area contributed by atoms with Gasteiger partial charge in [0.15, 0.2) is 11.5 Å². The number of nitrogens with zero attached hydrogens (tertiary/aromatic N) is 1. The quantitative estimate of drug-likeness (QED) is 0.389. The number of hydrogen-bond acceptors (Lipinski definition) is 7. The molecule has 2 aromatic carbocycles. The highest BCUT2D eigenvalue weighted by atomic mass is 16.7. The maximum Gasteiger partial charge on any atom is 0.329 e. The predicted octanol–water partition coefficient (Wildman–Crippen LogP) is 1.98. The van der Waals surface area contributed by atoms with E-state index in [1.165, 1.54) is 6.21 Å². The maximum absolute atomic E-state index is 12.0. The molecule has 2 aromatic rings. The summed E-state index contributed by atoms with van der Waals surface area (Å²) in [5.74, 6) is 0.810. The van der Waals surface area contributed by atoms with E-state index in [0.717, 1.165) is 5.56 Å². The van der Waals surface area contributed by atoms with Gasteiger partial charge in [-0.05, 0) is 43.7 Å². The molecule has 1 aliphatic rings. The highest BCUT2D eigenvalue weighted by molar-refractivity contribution is 6.35. The van der Waals surface area contributed by atoms with Gasteiger partial charge in [-0.1, -0.05) is 6.07 Å². The number of fused-ring (bicyclic) bond motifs is 1. The Morgan fingerprint density at radius 3 is 2.63 bits per heavy atom. The van der Waals surface area contributed by atoms with E-state index in [-0.39, 0.29) is 13.3 Å². The van der Waals surface area contributed by atoms with E-state index >= 15 is 0 Å². The minimum absolute atomic E-state index is 0.167. The molecular weight excluding hydrogens is 390 g/mol. The number of carbonyl (C=O) groups is 2. The molecular formula is C21H23N3O6. The summed E-state index contributed by atoms with van der Waals surface area (Å²) in [5, 5.41) is 6.37. The Bertz CT molecular complexity index is 944. The molecule has 0 unspecified atom stereocenters. The molecule has 0 aliphatic carbocycles. The van der Waals surface area contributed by atoms with Gasteiger partial charge in [0.2, 0.25) is 6.79 Å². The van der Waals surface area contributed by atoms with Crippen molar-refractivity contribution in [2.45, 2.75) is 20.4 Å². The van der Waals surface area contributed by atoms with Gasteiger partial charge in [-0.3, -0.25) is 9.59 Å². The molecule has 0 saturated carbocycles. The van der Waals surface area contributed by atoms with Gasteiger partial charge in [0.1, 0.15) is 11.5 Å². The molecule has 2 N–H and O–H groups in total. The average Bonchev–Trinajstić information content (AvgIpc) is 3.21. The number of carbonyl (C=O) groups excluding carboxylic acids is 2. The topological polar surface area (TPSA) is 107 Å². The van der Waals surface area contributed by atoms with Crippen LogP contribution in [-0.4, -0.2) is 38.0 Å². The standard InChI is InChI=1S/C21H23N3O6/c1-3-27-16-7-6-15(18(10-16)28-4-2)12-23-24-21(26)20(25)22-11-14-5-8-17-19(9-14)30-13-29-17/h5-10,12H,3-4,11,13H2,1-2H3,(H,22,25)(H,24,26)/b23-12-. The fourth-order valence-electron chi connectivity index (χ4n) is 2.68. The van der Waals surface area contributed by atoms with Gasteiger partial charge in [-0.25, -0.2) is 5.43 Å². The Labute approximate surface area is 174 Å².